The van der Waals surface area contributed by atoms with Gasteiger partial charge in [0.1, 0.15) is 11.4 Å². The van der Waals surface area contributed by atoms with Crippen molar-refractivity contribution in [3.05, 3.63) is 64.9 Å². The minimum absolute atomic E-state index is 0.118. The van der Waals surface area contributed by atoms with Crippen LogP contribution in [0, 0.1) is 15.9 Å². The lowest BCUT2D eigenvalue weighted by Gasteiger charge is -2.27. The Kier molecular flexibility index (Phi) is 7.91. The van der Waals surface area contributed by atoms with Gasteiger partial charge in [0.15, 0.2) is 11.6 Å². The number of nitro benzene ring substituents is 1. The van der Waals surface area contributed by atoms with Crippen molar-refractivity contribution in [2.24, 2.45) is 0 Å². The van der Waals surface area contributed by atoms with E-state index in [1.807, 2.05) is 40.0 Å². The quantitative estimate of drug-likeness (QED) is 0.172. The molecule has 0 aliphatic rings. The Morgan fingerprint density at radius 3 is 2.68 bits per heavy atom. The van der Waals surface area contributed by atoms with Crippen molar-refractivity contribution in [1.29, 1.82) is 0 Å². The molecular formula is C26H28FN5O5S. The number of nitrogens with zero attached hydrogens (tertiary/aromatic N) is 5. The lowest BCUT2D eigenvalue weighted by Crippen LogP contribution is -2.39. The highest BCUT2D eigenvalue weighted by Gasteiger charge is 2.22. The van der Waals surface area contributed by atoms with E-state index in [2.05, 4.69) is 10.1 Å². The first-order valence-electron chi connectivity index (χ1n) is 12.0. The van der Waals surface area contributed by atoms with Gasteiger partial charge in [-0.1, -0.05) is 6.92 Å². The van der Waals surface area contributed by atoms with Gasteiger partial charge in [0.05, 0.1) is 33.9 Å². The zero-order valence-electron chi connectivity index (χ0n) is 21.5. The number of hydrogen-bond acceptors (Lipinski definition) is 8. The molecule has 200 valence electrons. The summed E-state index contributed by atoms with van der Waals surface area (Å²) in [6, 6.07) is 6.76. The second-order valence-corrected chi connectivity index (χ2v) is 10.6. The first kappa shape index (κ1) is 27.0. The third-order valence-electron chi connectivity index (χ3n) is 5.38. The number of carbonyl (C=O) groups excluding carboxylic acids is 1. The van der Waals surface area contributed by atoms with Gasteiger partial charge in [-0.25, -0.2) is 9.18 Å². The van der Waals surface area contributed by atoms with E-state index in [1.165, 1.54) is 23.5 Å². The molecule has 4 rings (SSSR count). The fourth-order valence-electron chi connectivity index (χ4n) is 3.67. The van der Waals surface area contributed by atoms with Crippen LogP contribution in [0.1, 0.15) is 34.1 Å². The fraction of sp³-hybridized carbons (Fsp3) is 0.346. The molecule has 0 aliphatic carbocycles. The molecule has 0 fully saturated rings. The van der Waals surface area contributed by atoms with Gasteiger partial charge in [-0.2, -0.15) is 5.10 Å². The van der Waals surface area contributed by atoms with Crippen LogP contribution in [0.5, 0.6) is 11.5 Å². The van der Waals surface area contributed by atoms with Crippen LogP contribution in [0.3, 0.4) is 0 Å². The van der Waals surface area contributed by atoms with Gasteiger partial charge in [0.25, 0.3) is 5.69 Å². The first-order chi connectivity index (χ1) is 18.0. The minimum atomic E-state index is -0.828. The summed E-state index contributed by atoms with van der Waals surface area (Å²) >= 11 is 1.41. The number of halogens is 1. The van der Waals surface area contributed by atoms with Crippen LogP contribution < -0.4 is 4.74 Å². The lowest BCUT2D eigenvalue weighted by molar-refractivity contribution is -0.385. The maximum Gasteiger partial charge on any atom is 0.410 e. The Morgan fingerprint density at radius 2 is 2.00 bits per heavy atom. The number of benzene rings is 1. The van der Waals surface area contributed by atoms with Gasteiger partial charge in [0.2, 0.25) is 0 Å². The molecule has 0 saturated heterocycles. The molecular weight excluding hydrogens is 513 g/mol. The Labute approximate surface area is 222 Å². The number of hydrogen-bond donors (Lipinski definition) is 0. The summed E-state index contributed by atoms with van der Waals surface area (Å²) in [5.74, 6) is -0.558. The van der Waals surface area contributed by atoms with Crippen molar-refractivity contribution in [2.75, 3.05) is 13.1 Å². The largest absolute Gasteiger partial charge is 0.453 e. The van der Waals surface area contributed by atoms with Crippen LogP contribution in [0.4, 0.5) is 14.9 Å². The molecule has 0 atom stereocenters. The highest BCUT2D eigenvalue weighted by Crippen LogP contribution is 2.39. The fourth-order valence-corrected chi connectivity index (χ4v) is 4.71. The van der Waals surface area contributed by atoms with Crippen LogP contribution >= 0.6 is 11.3 Å². The van der Waals surface area contributed by atoms with Crippen LogP contribution in [0.25, 0.3) is 20.7 Å². The molecule has 4 aromatic rings. The normalized spacial score (nSPS) is 11.5. The second-order valence-electron chi connectivity index (χ2n) is 9.57. The number of rotatable bonds is 9. The smallest absolute Gasteiger partial charge is 0.410 e. The molecule has 1 amide bonds. The van der Waals surface area contributed by atoms with Crippen molar-refractivity contribution in [1.82, 2.24) is 19.7 Å². The number of aromatic nitrogens is 3. The van der Waals surface area contributed by atoms with E-state index in [1.54, 1.807) is 28.0 Å². The third kappa shape index (κ3) is 6.43. The van der Waals surface area contributed by atoms with Gasteiger partial charge in [0, 0.05) is 48.1 Å². The maximum atomic E-state index is 14.4. The number of carbonyl (C=O) groups is 1. The van der Waals surface area contributed by atoms with Gasteiger partial charge in [-0.05, 0) is 39.3 Å². The van der Waals surface area contributed by atoms with E-state index in [-0.39, 0.29) is 17.5 Å². The van der Waals surface area contributed by atoms with E-state index >= 15 is 0 Å². The van der Waals surface area contributed by atoms with Gasteiger partial charge < -0.3 is 14.4 Å². The molecule has 3 heterocycles. The van der Waals surface area contributed by atoms with Crippen molar-refractivity contribution >= 4 is 33.3 Å². The molecule has 0 aliphatic heterocycles. The van der Waals surface area contributed by atoms with Crippen molar-refractivity contribution in [2.45, 2.75) is 46.3 Å². The van der Waals surface area contributed by atoms with E-state index in [4.69, 9.17) is 9.47 Å². The number of thiophene rings is 1. The van der Waals surface area contributed by atoms with Crippen molar-refractivity contribution in [3.63, 3.8) is 0 Å². The topological polar surface area (TPSA) is 113 Å². The van der Waals surface area contributed by atoms with E-state index in [9.17, 15) is 19.3 Å². The predicted octanol–water partition coefficient (Wildman–Crippen LogP) is 6.65. The number of amides is 1. The summed E-state index contributed by atoms with van der Waals surface area (Å²) in [5, 5.41) is 15.3. The summed E-state index contributed by atoms with van der Waals surface area (Å²) < 4.78 is 28.1. The zero-order chi connectivity index (χ0) is 27.4. The number of ether oxygens (including phenoxy) is 2. The molecule has 0 bridgehead atoms. The average molecular weight is 542 g/mol. The van der Waals surface area contributed by atoms with E-state index < -0.39 is 16.3 Å². The Hall–Kier alpha value is -4.06. The highest BCUT2D eigenvalue weighted by atomic mass is 32.1. The van der Waals surface area contributed by atoms with Crippen LogP contribution in [0.15, 0.2) is 48.9 Å². The van der Waals surface area contributed by atoms with Crippen LogP contribution in [0.2, 0.25) is 0 Å². The van der Waals surface area contributed by atoms with Crippen LogP contribution in [-0.2, 0) is 11.3 Å². The van der Waals surface area contributed by atoms with E-state index in [0.717, 1.165) is 22.9 Å². The van der Waals surface area contributed by atoms with Crippen molar-refractivity contribution in [3.8, 4) is 21.9 Å². The molecule has 0 saturated carbocycles. The second kappa shape index (κ2) is 11.1. The van der Waals surface area contributed by atoms with Crippen molar-refractivity contribution < 1.29 is 23.6 Å². The summed E-state index contributed by atoms with van der Waals surface area (Å²) in [5.41, 5.74) is 0.606. The summed E-state index contributed by atoms with van der Waals surface area (Å²) in [6.07, 6.45) is 5.64. The molecule has 0 radical (unpaired) electrons. The van der Waals surface area contributed by atoms with E-state index in [0.29, 0.717) is 35.6 Å². The molecule has 0 N–H and O–H groups in total. The molecule has 10 nitrogen and oxygen atoms in total. The minimum Gasteiger partial charge on any atom is -0.453 e. The highest BCUT2D eigenvalue weighted by molar-refractivity contribution is 7.22. The summed E-state index contributed by atoms with van der Waals surface area (Å²) in [7, 11) is 0. The first-order valence-corrected chi connectivity index (χ1v) is 12.9. The van der Waals surface area contributed by atoms with Gasteiger partial charge in [-0.15, -0.1) is 11.3 Å². The number of nitro groups is 1. The molecule has 3 aromatic heterocycles. The summed E-state index contributed by atoms with van der Waals surface area (Å²) in [6.45, 7) is 9.07. The Morgan fingerprint density at radius 1 is 1.21 bits per heavy atom. The SMILES string of the molecule is CCCN(CCn1cc(-c2cc3nccc(Oc4ccc([N+](=O)[O-])cc4F)c3s2)cn1)C(=O)OC(C)(C)C. The molecule has 0 spiro atoms. The predicted molar refractivity (Wildman–Crippen MR) is 142 cm³/mol. The third-order valence-corrected chi connectivity index (χ3v) is 6.57. The standard InChI is InChI=1S/C26H28FN5O5S/c1-5-10-30(25(33)37-26(2,3)4)11-12-31-16-17(15-29-31)23-14-20-24(38-23)22(8-9-28-20)36-21-7-6-18(32(34)35)13-19(21)27/h6-9,13-16H,5,10-12H2,1-4H3. The molecule has 0 unspecified atom stereocenters. The van der Waals surface area contributed by atoms with Crippen LogP contribution in [-0.4, -0.2) is 49.4 Å². The Balaban J connectivity index is 1.50. The summed E-state index contributed by atoms with van der Waals surface area (Å²) in [4.78, 5) is 29.7. The monoisotopic (exact) mass is 541 g/mol. The number of non-ortho nitro benzene ring substituents is 1. The number of pyridine rings is 1. The Bertz CT molecular complexity index is 1460. The van der Waals surface area contributed by atoms with Gasteiger partial charge in [-0.3, -0.25) is 19.8 Å². The zero-order valence-corrected chi connectivity index (χ0v) is 22.3. The number of fused-ring (bicyclic) bond motifs is 1. The molecule has 1 aromatic carbocycles. The average Bonchev–Trinajstić information content (AvgIpc) is 3.49. The maximum absolute atomic E-state index is 14.4. The lowest BCUT2D eigenvalue weighted by atomic mass is 10.2. The molecule has 12 heteroatoms. The van der Waals surface area contributed by atoms with Gasteiger partial charge >= 0.3 is 6.09 Å². The molecule has 38 heavy (non-hydrogen) atoms.